The van der Waals surface area contributed by atoms with Crippen molar-refractivity contribution < 1.29 is 24.4 Å². The van der Waals surface area contributed by atoms with Crippen LogP contribution in [-0.2, 0) is 4.79 Å². The fraction of sp³-hybridized carbons (Fsp3) is 0.438. The number of nitro benzene ring substituents is 1. The number of carbonyl (C=O) groups excluding carboxylic acids is 2. The summed E-state index contributed by atoms with van der Waals surface area (Å²) in [5, 5.41) is 20.0. The van der Waals surface area contributed by atoms with Crippen molar-refractivity contribution in [1.29, 1.82) is 0 Å². The number of rotatable bonds is 4. The normalized spacial score (nSPS) is 14.9. The lowest BCUT2D eigenvalue weighted by Crippen LogP contribution is -2.46. The molecule has 134 valence electrons. The van der Waals surface area contributed by atoms with Crippen LogP contribution >= 0.6 is 0 Å². The van der Waals surface area contributed by atoms with E-state index in [0.717, 1.165) is 18.2 Å². The summed E-state index contributed by atoms with van der Waals surface area (Å²) in [6.07, 6.45) is 1.20. The maximum Gasteiger partial charge on any atom is 0.335 e. The Balaban J connectivity index is 2.17. The molecule has 0 saturated carbocycles. The summed E-state index contributed by atoms with van der Waals surface area (Å²) >= 11 is 0. The van der Waals surface area contributed by atoms with E-state index in [2.05, 4.69) is 0 Å². The molecule has 25 heavy (non-hydrogen) atoms. The number of nitrogens with zero attached hydrogens (tertiary/aromatic N) is 3. The van der Waals surface area contributed by atoms with E-state index in [1.807, 2.05) is 0 Å². The number of carboxylic acids is 1. The predicted octanol–water partition coefficient (Wildman–Crippen LogP) is 1.38. The van der Waals surface area contributed by atoms with Crippen molar-refractivity contribution in [3.8, 4) is 0 Å². The lowest BCUT2D eigenvalue weighted by atomic mass is 10.0. The highest BCUT2D eigenvalue weighted by Crippen LogP contribution is 2.22. The molecule has 1 aliphatic rings. The largest absolute Gasteiger partial charge is 0.478 e. The Morgan fingerprint density at radius 2 is 1.76 bits per heavy atom. The number of piperidine rings is 1. The van der Waals surface area contributed by atoms with Crippen LogP contribution in [0, 0.1) is 10.1 Å². The van der Waals surface area contributed by atoms with E-state index in [9.17, 15) is 24.5 Å². The predicted molar refractivity (Wildman–Crippen MR) is 87.4 cm³/mol. The van der Waals surface area contributed by atoms with Crippen molar-refractivity contribution in [2.24, 2.45) is 0 Å². The molecule has 1 saturated heterocycles. The first-order valence-electron chi connectivity index (χ1n) is 7.76. The summed E-state index contributed by atoms with van der Waals surface area (Å²) in [5.74, 6) is -1.83. The second-order valence-electron chi connectivity index (χ2n) is 5.98. The Bertz CT molecular complexity index is 692. The number of benzene rings is 1. The average Bonchev–Trinajstić information content (AvgIpc) is 2.59. The van der Waals surface area contributed by atoms with Crippen molar-refractivity contribution >= 4 is 23.5 Å². The van der Waals surface area contributed by atoms with Crippen LogP contribution < -0.4 is 0 Å². The van der Waals surface area contributed by atoms with Gasteiger partial charge in [0.2, 0.25) is 5.91 Å². The van der Waals surface area contributed by atoms with E-state index in [0.29, 0.717) is 25.9 Å². The lowest BCUT2D eigenvalue weighted by molar-refractivity contribution is -0.384. The maximum atomic E-state index is 12.6. The summed E-state index contributed by atoms with van der Waals surface area (Å²) in [6, 6.07) is 3.20. The number of nitro groups is 1. The third-order valence-corrected chi connectivity index (χ3v) is 4.42. The van der Waals surface area contributed by atoms with Gasteiger partial charge in [0.05, 0.1) is 10.5 Å². The zero-order valence-corrected chi connectivity index (χ0v) is 14.0. The fourth-order valence-corrected chi connectivity index (χ4v) is 2.86. The molecule has 0 aliphatic carbocycles. The molecule has 0 unspecified atom stereocenters. The SMILES string of the molecule is CC(=O)N(C)C1CCN(C(=O)c2cc(C(=O)O)cc([N+](=O)[O-])c2)CC1. The molecule has 1 N–H and O–H groups in total. The van der Waals surface area contributed by atoms with E-state index < -0.39 is 22.5 Å². The van der Waals surface area contributed by atoms with Gasteiger partial charge in [0.25, 0.3) is 11.6 Å². The highest BCUT2D eigenvalue weighted by atomic mass is 16.6. The summed E-state index contributed by atoms with van der Waals surface area (Å²) in [6.45, 7) is 2.27. The number of amides is 2. The Kier molecular flexibility index (Phi) is 5.35. The van der Waals surface area contributed by atoms with Gasteiger partial charge in [0.15, 0.2) is 0 Å². The number of non-ortho nitro benzene ring substituents is 1. The highest BCUT2D eigenvalue weighted by Gasteiger charge is 2.28. The summed E-state index contributed by atoms with van der Waals surface area (Å²) in [4.78, 5) is 48.5. The van der Waals surface area contributed by atoms with Crippen molar-refractivity contribution in [2.45, 2.75) is 25.8 Å². The minimum absolute atomic E-state index is 0.0232. The zero-order chi connectivity index (χ0) is 18.7. The van der Waals surface area contributed by atoms with Crippen molar-refractivity contribution in [1.82, 2.24) is 9.80 Å². The number of carbonyl (C=O) groups is 3. The zero-order valence-electron chi connectivity index (χ0n) is 14.0. The first-order chi connectivity index (χ1) is 11.7. The fourth-order valence-electron chi connectivity index (χ4n) is 2.86. The number of hydrogen-bond donors (Lipinski definition) is 1. The molecule has 0 bridgehead atoms. The molecule has 1 heterocycles. The monoisotopic (exact) mass is 349 g/mol. The average molecular weight is 349 g/mol. The smallest absolute Gasteiger partial charge is 0.335 e. The molecular weight excluding hydrogens is 330 g/mol. The molecule has 2 rings (SSSR count). The van der Waals surface area contributed by atoms with Crippen LogP contribution in [0.15, 0.2) is 18.2 Å². The molecule has 0 aromatic heterocycles. The van der Waals surface area contributed by atoms with Crippen LogP contribution in [0.4, 0.5) is 5.69 Å². The van der Waals surface area contributed by atoms with Gasteiger partial charge in [-0.25, -0.2) is 4.79 Å². The summed E-state index contributed by atoms with van der Waals surface area (Å²) < 4.78 is 0. The van der Waals surface area contributed by atoms with Crippen LogP contribution in [0.5, 0.6) is 0 Å². The van der Waals surface area contributed by atoms with Crippen LogP contribution in [-0.4, -0.2) is 63.8 Å². The number of likely N-dealkylation sites (tertiary alicyclic amines) is 1. The molecule has 1 aliphatic heterocycles. The molecule has 0 radical (unpaired) electrons. The van der Waals surface area contributed by atoms with Gasteiger partial charge in [0.1, 0.15) is 0 Å². The first-order valence-corrected chi connectivity index (χ1v) is 7.76. The Labute approximate surface area is 144 Å². The second kappa shape index (κ2) is 7.29. The Morgan fingerprint density at radius 3 is 2.24 bits per heavy atom. The molecule has 1 aromatic rings. The van der Waals surface area contributed by atoms with E-state index in [1.165, 1.54) is 11.8 Å². The standard InChI is InChI=1S/C16H19N3O6/c1-10(20)17(2)13-3-5-18(6-4-13)15(21)11-7-12(16(22)23)9-14(8-11)19(24)25/h7-9,13H,3-6H2,1-2H3,(H,22,23). The maximum absolute atomic E-state index is 12.6. The molecule has 2 amide bonds. The van der Waals surface area contributed by atoms with Gasteiger partial charge in [-0.2, -0.15) is 0 Å². The van der Waals surface area contributed by atoms with E-state index in [1.54, 1.807) is 11.9 Å². The van der Waals surface area contributed by atoms with Gasteiger partial charge in [-0.3, -0.25) is 19.7 Å². The third kappa shape index (κ3) is 4.11. The van der Waals surface area contributed by atoms with Gasteiger partial charge < -0.3 is 14.9 Å². The third-order valence-electron chi connectivity index (χ3n) is 4.42. The topological polar surface area (TPSA) is 121 Å². The van der Waals surface area contributed by atoms with Gasteiger partial charge in [0, 0.05) is 50.8 Å². The highest BCUT2D eigenvalue weighted by molar-refractivity contribution is 5.98. The molecule has 1 aromatic carbocycles. The molecule has 9 heteroatoms. The van der Waals surface area contributed by atoms with Gasteiger partial charge in [-0.1, -0.05) is 0 Å². The van der Waals surface area contributed by atoms with Crippen LogP contribution in [0.1, 0.15) is 40.5 Å². The molecule has 1 fully saturated rings. The quantitative estimate of drug-likeness (QED) is 0.647. The van der Waals surface area contributed by atoms with E-state index in [4.69, 9.17) is 5.11 Å². The van der Waals surface area contributed by atoms with E-state index in [-0.39, 0.29) is 23.1 Å². The van der Waals surface area contributed by atoms with Crippen molar-refractivity contribution in [3.63, 3.8) is 0 Å². The summed E-state index contributed by atoms with van der Waals surface area (Å²) in [7, 11) is 1.71. The van der Waals surface area contributed by atoms with Gasteiger partial charge >= 0.3 is 5.97 Å². The summed E-state index contributed by atoms with van der Waals surface area (Å²) in [5.41, 5.74) is -0.761. The van der Waals surface area contributed by atoms with Crippen molar-refractivity contribution in [2.75, 3.05) is 20.1 Å². The van der Waals surface area contributed by atoms with Crippen LogP contribution in [0.2, 0.25) is 0 Å². The Hall–Kier alpha value is -2.97. The Morgan fingerprint density at radius 1 is 1.20 bits per heavy atom. The first kappa shape index (κ1) is 18.4. The van der Waals surface area contributed by atoms with Crippen molar-refractivity contribution in [3.05, 3.63) is 39.4 Å². The van der Waals surface area contributed by atoms with Gasteiger partial charge in [-0.05, 0) is 18.9 Å². The number of hydrogen-bond acceptors (Lipinski definition) is 5. The molecule has 9 nitrogen and oxygen atoms in total. The van der Waals surface area contributed by atoms with Crippen LogP contribution in [0.25, 0.3) is 0 Å². The van der Waals surface area contributed by atoms with E-state index >= 15 is 0 Å². The van der Waals surface area contributed by atoms with Crippen LogP contribution in [0.3, 0.4) is 0 Å². The molecular formula is C16H19N3O6. The minimum atomic E-state index is -1.33. The molecule has 0 spiro atoms. The molecule has 0 atom stereocenters. The lowest BCUT2D eigenvalue weighted by Gasteiger charge is -2.36. The second-order valence-corrected chi connectivity index (χ2v) is 5.98. The minimum Gasteiger partial charge on any atom is -0.478 e. The number of aromatic carboxylic acids is 1. The number of carboxylic acid groups (broad SMARTS) is 1. The van der Waals surface area contributed by atoms with Gasteiger partial charge in [-0.15, -0.1) is 0 Å².